The maximum Gasteiger partial charge on any atom is 0.225 e. The van der Waals surface area contributed by atoms with E-state index in [4.69, 9.17) is 18.9 Å². The van der Waals surface area contributed by atoms with Crippen LogP contribution in [0.5, 0.6) is 5.75 Å². The first kappa shape index (κ1) is 20.6. The minimum Gasteiger partial charge on any atom is -0.496 e. The summed E-state index contributed by atoms with van der Waals surface area (Å²) in [5.41, 5.74) is 1.06. The number of carbonyl (C=O) groups is 1. The van der Waals surface area contributed by atoms with Crippen LogP contribution in [0.25, 0.3) is 0 Å². The molecule has 160 valence electrons. The van der Waals surface area contributed by atoms with Crippen molar-refractivity contribution in [3.63, 3.8) is 0 Å². The van der Waals surface area contributed by atoms with Crippen LogP contribution >= 0.6 is 0 Å². The molecule has 29 heavy (non-hydrogen) atoms. The molecule has 0 aromatic heterocycles. The number of benzene rings is 1. The Morgan fingerprint density at radius 3 is 2.83 bits per heavy atom. The second kappa shape index (κ2) is 9.40. The fourth-order valence-corrected chi connectivity index (χ4v) is 4.34. The van der Waals surface area contributed by atoms with Crippen molar-refractivity contribution < 1.29 is 28.8 Å². The summed E-state index contributed by atoms with van der Waals surface area (Å²) in [5.74, 6) is 0.920. The smallest absolute Gasteiger partial charge is 0.225 e. The third-order valence-electron chi connectivity index (χ3n) is 5.90. The maximum absolute atomic E-state index is 12.4. The fourth-order valence-electron chi connectivity index (χ4n) is 4.34. The SMILES string of the molecule is COc1ccccc1CNCC1OC2CC(CC(=O)N3CCOCC3)OC2C1O. The number of aliphatic hydroxyl groups is 1. The molecule has 2 N–H and O–H groups in total. The normalized spacial score (nSPS) is 31.7. The Bertz CT molecular complexity index is 696. The zero-order chi connectivity index (χ0) is 20.2. The van der Waals surface area contributed by atoms with E-state index < -0.39 is 6.10 Å². The topological polar surface area (TPSA) is 89.5 Å². The Morgan fingerprint density at radius 2 is 2.07 bits per heavy atom. The Labute approximate surface area is 171 Å². The number of amides is 1. The molecule has 0 radical (unpaired) electrons. The van der Waals surface area contributed by atoms with E-state index in [2.05, 4.69) is 5.32 Å². The molecule has 3 aliphatic rings. The molecule has 8 heteroatoms. The Morgan fingerprint density at radius 1 is 1.28 bits per heavy atom. The number of rotatable bonds is 7. The molecule has 3 fully saturated rings. The highest BCUT2D eigenvalue weighted by Gasteiger charge is 2.50. The molecule has 0 saturated carbocycles. The lowest BCUT2D eigenvalue weighted by molar-refractivity contribution is -0.138. The molecule has 8 nitrogen and oxygen atoms in total. The number of aliphatic hydroxyl groups excluding tert-OH is 1. The van der Waals surface area contributed by atoms with Crippen molar-refractivity contribution in [3.05, 3.63) is 29.8 Å². The van der Waals surface area contributed by atoms with E-state index in [1.54, 1.807) is 7.11 Å². The van der Waals surface area contributed by atoms with E-state index in [0.29, 0.717) is 52.2 Å². The molecule has 1 amide bonds. The lowest BCUT2D eigenvalue weighted by Crippen LogP contribution is -2.42. The van der Waals surface area contributed by atoms with E-state index in [0.717, 1.165) is 11.3 Å². The van der Waals surface area contributed by atoms with Gasteiger partial charge in [0.15, 0.2) is 0 Å². The first-order valence-electron chi connectivity index (χ1n) is 10.3. The summed E-state index contributed by atoms with van der Waals surface area (Å²) >= 11 is 0. The second-order valence-corrected chi connectivity index (χ2v) is 7.80. The number of para-hydroxylation sites is 1. The number of hydrogen-bond donors (Lipinski definition) is 2. The van der Waals surface area contributed by atoms with Gasteiger partial charge in [-0.25, -0.2) is 0 Å². The standard InChI is InChI=1S/C21H30N2O6/c1-26-16-5-3-2-4-14(16)12-22-13-18-20(25)21-17(29-18)10-15(28-21)11-19(24)23-6-8-27-9-7-23/h2-5,15,17-18,20-22,25H,6-13H2,1H3. The summed E-state index contributed by atoms with van der Waals surface area (Å²) in [6, 6.07) is 7.84. The van der Waals surface area contributed by atoms with Crippen molar-refractivity contribution in [2.75, 3.05) is 40.0 Å². The van der Waals surface area contributed by atoms with E-state index >= 15 is 0 Å². The molecule has 5 atom stereocenters. The highest BCUT2D eigenvalue weighted by molar-refractivity contribution is 5.76. The molecule has 1 aromatic carbocycles. The van der Waals surface area contributed by atoms with Gasteiger partial charge in [-0.3, -0.25) is 4.79 Å². The van der Waals surface area contributed by atoms with Gasteiger partial charge in [-0.2, -0.15) is 0 Å². The molecule has 5 unspecified atom stereocenters. The van der Waals surface area contributed by atoms with Crippen LogP contribution in [0.2, 0.25) is 0 Å². The summed E-state index contributed by atoms with van der Waals surface area (Å²) in [6.07, 6.45) is -0.775. The summed E-state index contributed by atoms with van der Waals surface area (Å²) in [6.45, 7) is 3.60. The summed E-state index contributed by atoms with van der Waals surface area (Å²) in [7, 11) is 1.65. The zero-order valence-electron chi connectivity index (χ0n) is 16.8. The van der Waals surface area contributed by atoms with Gasteiger partial charge in [-0.1, -0.05) is 18.2 Å². The highest BCUT2D eigenvalue weighted by atomic mass is 16.6. The molecular weight excluding hydrogens is 376 g/mol. The summed E-state index contributed by atoms with van der Waals surface area (Å²) in [4.78, 5) is 14.2. The number of fused-ring (bicyclic) bond motifs is 1. The molecule has 3 heterocycles. The van der Waals surface area contributed by atoms with Crippen LogP contribution in [0.1, 0.15) is 18.4 Å². The average Bonchev–Trinajstić information content (AvgIpc) is 3.27. The average molecular weight is 406 g/mol. The number of morpholine rings is 1. The Kier molecular flexibility index (Phi) is 6.67. The number of methoxy groups -OCH3 is 1. The lowest BCUT2D eigenvalue weighted by atomic mass is 10.1. The van der Waals surface area contributed by atoms with Crippen molar-refractivity contribution in [1.82, 2.24) is 10.2 Å². The van der Waals surface area contributed by atoms with E-state index in [1.807, 2.05) is 29.2 Å². The van der Waals surface area contributed by atoms with Gasteiger partial charge in [0.2, 0.25) is 5.91 Å². The predicted molar refractivity (Wildman–Crippen MR) is 105 cm³/mol. The van der Waals surface area contributed by atoms with Crippen LogP contribution in [0.4, 0.5) is 0 Å². The van der Waals surface area contributed by atoms with Crippen LogP contribution in [-0.2, 0) is 25.5 Å². The van der Waals surface area contributed by atoms with Gasteiger partial charge in [0.05, 0.1) is 45.1 Å². The Hall–Kier alpha value is -1.71. The van der Waals surface area contributed by atoms with Gasteiger partial charge in [-0.15, -0.1) is 0 Å². The van der Waals surface area contributed by atoms with Crippen molar-refractivity contribution in [2.45, 2.75) is 49.9 Å². The van der Waals surface area contributed by atoms with Gasteiger partial charge < -0.3 is 34.3 Å². The predicted octanol–water partition coefficient (Wildman–Crippen LogP) is 0.320. The molecular formula is C21H30N2O6. The number of ether oxygens (including phenoxy) is 4. The van der Waals surface area contributed by atoms with Gasteiger partial charge >= 0.3 is 0 Å². The number of hydrogen-bond acceptors (Lipinski definition) is 7. The largest absolute Gasteiger partial charge is 0.496 e. The van der Waals surface area contributed by atoms with Crippen molar-refractivity contribution in [3.8, 4) is 5.75 Å². The van der Waals surface area contributed by atoms with Crippen LogP contribution in [0.3, 0.4) is 0 Å². The molecule has 4 rings (SSSR count). The van der Waals surface area contributed by atoms with Gasteiger partial charge in [0, 0.05) is 38.2 Å². The highest BCUT2D eigenvalue weighted by Crippen LogP contribution is 2.35. The maximum atomic E-state index is 12.4. The van der Waals surface area contributed by atoms with Gasteiger partial charge in [-0.05, 0) is 6.07 Å². The monoisotopic (exact) mass is 406 g/mol. The van der Waals surface area contributed by atoms with Crippen molar-refractivity contribution >= 4 is 5.91 Å². The van der Waals surface area contributed by atoms with Gasteiger partial charge in [0.1, 0.15) is 18.0 Å². The van der Waals surface area contributed by atoms with Crippen molar-refractivity contribution in [2.24, 2.45) is 0 Å². The number of carbonyl (C=O) groups excluding carboxylic acids is 1. The minimum atomic E-state index is -0.700. The quantitative estimate of drug-likeness (QED) is 0.674. The first-order chi connectivity index (χ1) is 14.2. The molecule has 1 aromatic rings. The minimum absolute atomic E-state index is 0.0859. The van der Waals surface area contributed by atoms with E-state index in [-0.39, 0.29) is 30.3 Å². The zero-order valence-corrected chi connectivity index (χ0v) is 16.8. The molecule has 0 spiro atoms. The van der Waals surface area contributed by atoms with E-state index in [9.17, 15) is 9.90 Å². The molecule has 0 aliphatic carbocycles. The van der Waals surface area contributed by atoms with Crippen LogP contribution < -0.4 is 10.1 Å². The summed E-state index contributed by atoms with van der Waals surface area (Å²) < 4.78 is 22.7. The van der Waals surface area contributed by atoms with Crippen LogP contribution in [-0.4, -0.2) is 86.4 Å². The molecule has 0 bridgehead atoms. The van der Waals surface area contributed by atoms with E-state index in [1.165, 1.54) is 0 Å². The molecule has 3 saturated heterocycles. The second-order valence-electron chi connectivity index (χ2n) is 7.80. The third kappa shape index (κ3) is 4.73. The fraction of sp³-hybridized carbons (Fsp3) is 0.667. The summed E-state index contributed by atoms with van der Waals surface area (Å²) in [5, 5.41) is 14.0. The lowest BCUT2D eigenvalue weighted by Gasteiger charge is -2.28. The number of nitrogens with one attached hydrogen (secondary N) is 1. The van der Waals surface area contributed by atoms with Gasteiger partial charge in [0.25, 0.3) is 0 Å². The molecule has 3 aliphatic heterocycles. The number of nitrogens with zero attached hydrogens (tertiary/aromatic N) is 1. The van der Waals surface area contributed by atoms with Crippen LogP contribution in [0.15, 0.2) is 24.3 Å². The first-order valence-corrected chi connectivity index (χ1v) is 10.3. The Balaban J connectivity index is 1.22. The van der Waals surface area contributed by atoms with Crippen molar-refractivity contribution in [1.29, 1.82) is 0 Å². The van der Waals surface area contributed by atoms with Crippen LogP contribution in [0, 0.1) is 0 Å². The third-order valence-corrected chi connectivity index (χ3v) is 5.90.